The van der Waals surface area contributed by atoms with E-state index >= 15 is 0 Å². The Hall–Kier alpha value is -3.80. The number of ether oxygens (including phenoxy) is 3. The smallest absolute Gasteiger partial charge is 0.328 e. The van der Waals surface area contributed by atoms with Gasteiger partial charge in [0.15, 0.2) is 0 Å². The zero-order valence-corrected chi connectivity index (χ0v) is 19.3. The van der Waals surface area contributed by atoms with Gasteiger partial charge in [0.05, 0.1) is 12.7 Å². The molecule has 3 rings (SSSR count). The van der Waals surface area contributed by atoms with Crippen LogP contribution in [0.3, 0.4) is 0 Å². The summed E-state index contributed by atoms with van der Waals surface area (Å²) in [5, 5.41) is 2.79. The van der Waals surface area contributed by atoms with Crippen molar-refractivity contribution in [1.82, 2.24) is 5.32 Å². The molecule has 0 aliphatic heterocycles. The molecule has 3 aromatic rings. The molecule has 0 radical (unpaired) electrons. The fraction of sp³-hybridized carbons (Fsp3) is 0.259. The van der Waals surface area contributed by atoms with Crippen molar-refractivity contribution in [2.75, 3.05) is 7.11 Å². The van der Waals surface area contributed by atoms with Crippen LogP contribution < -0.4 is 14.8 Å². The van der Waals surface area contributed by atoms with E-state index in [1.54, 1.807) is 36.4 Å². The number of benzene rings is 3. The number of esters is 1. The molecule has 0 aliphatic rings. The molecule has 1 N–H and O–H groups in total. The highest BCUT2D eigenvalue weighted by Gasteiger charge is 2.24. The molecule has 3 aromatic carbocycles. The summed E-state index contributed by atoms with van der Waals surface area (Å²) in [7, 11) is 1.30. The Balaban J connectivity index is 1.75. The summed E-state index contributed by atoms with van der Waals surface area (Å²) in [6.07, 6.45) is 0.274. The highest BCUT2D eigenvalue weighted by molar-refractivity contribution is 5.99. The third-order valence-corrected chi connectivity index (χ3v) is 4.68. The summed E-state index contributed by atoms with van der Waals surface area (Å²) >= 11 is 0. The Morgan fingerprint density at radius 3 is 2.12 bits per heavy atom. The maximum atomic E-state index is 13.1. The van der Waals surface area contributed by atoms with Crippen LogP contribution in [0.15, 0.2) is 78.9 Å². The van der Waals surface area contributed by atoms with E-state index in [1.165, 1.54) is 7.11 Å². The van der Waals surface area contributed by atoms with Gasteiger partial charge in [0, 0.05) is 6.42 Å². The Bertz CT molecular complexity index is 1070. The van der Waals surface area contributed by atoms with Crippen molar-refractivity contribution in [3.05, 3.63) is 90.0 Å². The Kier molecular flexibility index (Phi) is 7.72. The van der Waals surface area contributed by atoms with Crippen LogP contribution in [0.25, 0.3) is 0 Å². The highest BCUT2D eigenvalue weighted by Crippen LogP contribution is 2.25. The lowest BCUT2D eigenvalue weighted by molar-refractivity contribution is -0.142. The predicted octanol–water partition coefficient (Wildman–Crippen LogP) is 5.17. The van der Waals surface area contributed by atoms with Crippen LogP contribution in [0.2, 0.25) is 0 Å². The molecule has 0 saturated heterocycles. The molecule has 0 aromatic heterocycles. The molecular weight excluding hydrogens is 418 g/mol. The van der Waals surface area contributed by atoms with E-state index in [0.717, 1.165) is 11.3 Å². The van der Waals surface area contributed by atoms with Crippen molar-refractivity contribution in [3.63, 3.8) is 0 Å². The van der Waals surface area contributed by atoms with E-state index < -0.39 is 17.9 Å². The first-order valence-corrected chi connectivity index (χ1v) is 10.7. The van der Waals surface area contributed by atoms with Gasteiger partial charge in [-0.2, -0.15) is 0 Å². The van der Waals surface area contributed by atoms with Gasteiger partial charge in [-0.25, -0.2) is 4.79 Å². The van der Waals surface area contributed by atoms with Gasteiger partial charge in [-0.3, -0.25) is 4.79 Å². The van der Waals surface area contributed by atoms with Crippen molar-refractivity contribution in [3.8, 4) is 17.2 Å². The summed E-state index contributed by atoms with van der Waals surface area (Å²) in [5.74, 6) is 0.787. The van der Waals surface area contributed by atoms with Gasteiger partial charge in [0.25, 0.3) is 5.91 Å². The number of methoxy groups -OCH3 is 1. The average Bonchev–Trinajstić information content (AvgIpc) is 2.79. The molecule has 33 heavy (non-hydrogen) atoms. The maximum Gasteiger partial charge on any atom is 0.328 e. The average molecular weight is 448 g/mol. The van der Waals surface area contributed by atoms with Gasteiger partial charge in [-0.1, -0.05) is 42.5 Å². The molecule has 1 atom stereocenters. The lowest BCUT2D eigenvalue weighted by atomic mass is 10.0. The van der Waals surface area contributed by atoms with Crippen molar-refractivity contribution in [1.29, 1.82) is 0 Å². The van der Waals surface area contributed by atoms with E-state index in [9.17, 15) is 9.59 Å². The highest BCUT2D eigenvalue weighted by atomic mass is 16.5. The van der Waals surface area contributed by atoms with Crippen molar-refractivity contribution in [2.45, 2.75) is 38.8 Å². The van der Waals surface area contributed by atoms with Gasteiger partial charge in [0.2, 0.25) is 0 Å². The quantitative estimate of drug-likeness (QED) is 0.482. The van der Waals surface area contributed by atoms with Crippen LogP contribution in [0.1, 0.15) is 36.7 Å². The molecule has 1 unspecified atom stereocenters. The number of hydrogen-bond acceptors (Lipinski definition) is 5. The molecule has 0 heterocycles. The molecule has 0 spiro atoms. The predicted molar refractivity (Wildman–Crippen MR) is 127 cm³/mol. The third kappa shape index (κ3) is 7.10. The molecule has 6 heteroatoms. The first-order valence-electron chi connectivity index (χ1n) is 10.7. The van der Waals surface area contributed by atoms with Crippen LogP contribution >= 0.6 is 0 Å². The Morgan fingerprint density at radius 1 is 0.848 bits per heavy atom. The zero-order valence-electron chi connectivity index (χ0n) is 19.3. The van der Waals surface area contributed by atoms with E-state index in [2.05, 4.69) is 5.32 Å². The second-order valence-corrected chi connectivity index (χ2v) is 8.52. The number of para-hydroxylation sites is 2. The second-order valence-electron chi connectivity index (χ2n) is 8.52. The maximum absolute atomic E-state index is 13.1. The van der Waals surface area contributed by atoms with E-state index in [0.29, 0.717) is 17.1 Å². The van der Waals surface area contributed by atoms with Gasteiger partial charge < -0.3 is 19.5 Å². The topological polar surface area (TPSA) is 73.9 Å². The molecule has 1 amide bonds. The fourth-order valence-corrected chi connectivity index (χ4v) is 3.21. The molecule has 0 fully saturated rings. The van der Waals surface area contributed by atoms with Crippen LogP contribution in [0.4, 0.5) is 0 Å². The monoisotopic (exact) mass is 447 g/mol. The minimum atomic E-state index is -0.860. The number of carbonyl (C=O) groups excluding carboxylic acids is 2. The van der Waals surface area contributed by atoms with E-state index in [4.69, 9.17) is 14.2 Å². The van der Waals surface area contributed by atoms with Crippen molar-refractivity contribution < 1.29 is 23.8 Å². The van der Waals surface area contributed by atoms with Crippen LogP contribution in [-0.2, 0) is 16.0 Å². The van der Waals surface area contributed by atoms with Crippen LogP contribution in [-0.4, -0.2) is 30.6 Å². The minimum Gasteiger partial charge on any atom is -0.488 e. The summed E-state index contributed by atoms with van der Waals surface area (Å²) in [6.45, 7) is 5.93. The third-order valence-electron chi connectivity index (χ3n) is 4.68. The van der Waals surface area contributed by atoms with Crippen LogP contribution in [0.5, 0.6) is 17.2 Å². The largest absolute Gasteiger partial charge is 0.488 e. The first kappa shape index (κ1) is 23.9. The summed E-state index contributed by atoms with van der Waals surface area (Å²) < 4.78 is 16.6. The first-order chi connectivity index (χ1) is 15.7. The molecular formula is C27H29NO5. The summed E-state index contributed by atoms with van der Waals surface area (Å²) in [5.41, 5.74) is 0.879. The number of hydrogen-bond donors (Lipinski definition) is 1. The lowest BCUT2D eigenvalue weighted by Gasteiger charge is -2.22. The van der Waals surface area contributed by atoms with E-state index in [1.807, 2.05) is 63.2 Å². The number of amides is 1. The van der Waals surface area contributed by atoms with Gasteiger partial charge in [-0.05, 0) is 62.7 Å². The van der Waals surface area contributed by atoms with Crippen molar-refractivity contribution in [2.24, 2.45) is 0 Å². The minimum absolute atomic E-state index is 0.274. The molecule has 0 bridgehead atoms. The second kappa shape index (κ2) is 10.7. The standard InChI is InChI=1S/C27H29NO5/c1-27(2,3)33-21-16-14-19(15-17-21)18-23(26(30)31-4)28-25(29)22-12-8-9-13-24(22)32-20-10-6-5-7-11-20/h5-17,23H,18H2,1-4H3,(H,28,29). The van der Waals surface area contributed by atoms with Gasteiger partial charge in [0.1, 0.15) is 28.9 Å². The number of rotatable bonds is 8. The Morgan fingerprint density at radius 2 is 1.48 bits per heavy atom. The van der Waals surface area contributed by atoms with E-state index in [-0.39, 0.29) is 12.0 Å². The molecule has 0 aliphatic carbocycles. The van der Waals surface area contributed by atoms with Crippen molar-refractivity contribution >= 4 is 11.9 Å². The molecule has 6 nitrogen and oxygen atoms in total. The summed E-state index contributed by atoms with van der Waals surface area (Å²) in [6, 6.07) is 22.7. The summed E-state index contributed by atoms with van der Waals surface area (Å²) in [4.78, 5) is 25.5. The Labute approximate surface area is 194 Å². The normalized spacial score (nSPS) is 11.9. The number of nitrogens with one attached hydrogen (secondary N) is 1. The fourth-order valence-electron chi connectivity index (χ4n) is 3.21. The zero-order chi connectivity index (χ0) is 23.8. The lowest BCUT2D eigenvalue weighted by Crippen LogP contribution is -2.43. The SMILES string of the molecule is COC(=O)C(Cc1ccc(OC(C)(C)C)cc1)NC(=O)c1ccccc1Oc1ccccc1. The molecule has 172 valence electrons. The van der Waals surface area contributed by atoms with Gasteiger partial charge in [-0.15, -0.1) is 0 Å². The number of carbonyl (C=O) groups is 2. The molecule has 0 saturated carbocycles. The van der Waals surface area contributed by atoms with Gasteiger partial charge >= 0.3 is 5.97 Å². The van der Waals surface area contributed by atoms with Crippen LogP contribution in [0, 0.1) is 0 Å².